The number of rotatable bonds is 2. The number of carbonyl (C=O) groups is 2. The van der Waals surface area contributed by atoms with E-state index >= 15 is 0 Å². The molecule has 0 radical (unpaired) electrons. The molecule has 0 aromatic carbocycles. The molecular weight excluding hydrogens is 218 g/mol. The zero-order chi connectivity index (χ0) is 12.0. The molecule has 3 aliphatic rings. The Labute approximate surface area is 101 Å². The van der Waals surface area contributed by atoms with Gasteiger partial charge in [-0.05, 0) is 43.9 Å². The zero-order valence-electron chi connectivity index (χ0n) is 9.97. The van der Waals surface area contributed by atoms with Crippen LogP contribution in [0, 0.1) is 23.7 Å². The summed E-state index contributed by atoms with van der Waals surface area (Å²) in [5, 5.41) is 8.91. The molecule has 0 bridgehead atoms. The van der Waals surface area contributed by atoms with Gasteiger partial charge in [0.25, 0.3) is 0 Å². The van der Waals surface area contributed by atoms with Gasteiger partial charge in [-0.15, -0.1) is 0 Å². The van der Waals surface area contributed by atoms with E-state index in [0.29, 0.717) is 31.8 Å². The first-order valence-electron chi connectivity index (χ1n) is 6.66. The Hall–Kier alpha value is -1.06. The molecule has 1 saturated heterocycles. The molecule has 3 fully saturated rings. The molecule has 2 saturated carbocycles. The van der Waals surface area contributed by atoms with E-state index in [2.05, 4.69) is 0 Å². The van der Waals surface area contributed by atoms with Crippen molar-refractivity contribution in [2.24, 2.45) is 23.7 Å². The number of carbonyl (C=O) groups excluding carboxylic acids is 1. The molecule has 3 rings (SSSR count). The normalized spacial score (nSPS) is 36.7. The smallest absolute Gasteiger partial charge is 0.306 e. The lowest BCUT2D eigenvalue weighted by Gasteiger charge is -2.32. The third kappa shape index (κ3) is 2.05. The van der Waals surface area contributed by atoms with Gasteiger partial charge in [0.05, 0.1) is 5.92 Å². The molecule has 94 valence electrons. The van der Waals surface area contributed by atoms with Gasteiger partial charge < -0.3 is 10.0 Å². The van der Waals surface area contributed by atoms with Gasteiger partial charge in [-0.2, -0.15) is 0 Å². The molecule has 17 heavy (non-hydrogen) atoms. The predicted molar refractivity (Wildman–Crippen MR) is 61.3 cm³/mol. The summed E-state index contributed by atoms with van der Waals surface area (Å²) in [5.74, 6) is 1.26. The van der Waals surface area contributed by atoms with E-state index in [4.69, 9.17) is 5.11 Å². The summed E-state index contributed by atoms with van der Waals surface area (Å²) in [7, 11) is 0. The Morgan fingerprint density at radius 3 is 2.06 bits per heavy atom. The fraction of sp³-hybridized carbons (Fsp3) is 0.846. The van der Waals surface area contributed by atoms with Crippen LogP contribution < -0.4 is 0 Å². The fourth-order valence-electron chi connectivity index (χ4n) is 3.52. The van der Waals surface area contributed by atoms with Gasteiger partial charge in [0, 0.05) is 19.0 Å². The number of piperidine rings is 1. The molecule has 1 aliphatic heterocycles. The van der Waals surface area contributed by atoms with Gasteiger partial charge in [-0.25, -0.2) is 0 Å². The maximum Gasteiger partial charge on any atom is 0.306 e. The van der Waals surface area contributed by atoms with Crippen molar-refractivity contribution in [1.29, 1.82) is 0 Å². The monoisotopic (exact) mass is 237 g/mol. The third-order valence-electron chi connectivity index (χ3n) is 4.75. The van der Waals surface area contributed by atoms with Gasteiger partial charge >= 0.3 is 5.97 Å². The molecular formula is C13H19NO3. The van der Waals surface area contributed by atoms with Crippen LogP contribution in [0.5, 0.6) is 0 Å². The molecule has 2 atom stereocenters. The van der Waals surface area contributed by atoms with E-state index < -0.39 is 5.97 Å². The Morgan fingerprint density at radius 1 is 0.941 bits per heavy atom. The SMILES string of the molecule is O=C(O)C1CCN(C(=O)C2CC3CC3C2)CC1. The number of likely N-dealkylation sites (tertiary alicyclic amines) is 1. The molecule has 4 heteroatoms. The molecule has 1 N–H and O–H groups in total. The van der Waals surface area contributed by atoms with E-state index in [1.807, 2.05) is 4.90 Å². The van der Waals surface area contributed by atoms with Crippen LogP contribution >= 0.6 is 0 Å². The Bertz CT molecular complexity index is 337. The number of fused-ring (bicyclic) bond motifs is 1. The Balaban J connectivity index is 1.52. The van der Waals surface area contributed by atoms with Crippen LogP contribution in [0.25, 0.3) is 0 Å². The van der Waals surface area contributed by atoms with Gasteiger partial charge in [0.15, 0.2) is 0 Å². The first-order valence-corrected chi connectivity index (χ1v) is 6.66. The zero-order valence-corrected chi connectivity index (χ0v) is 9.97. The molecule has 2 unspecified atom stereocenters. The van der Waals surface area contributed by atoms with Crippen molar-refractivity contribution in [3.8, 4) is 0 Å². The molecule has 0 aromatic rings. The lowest BCUT2D eigenvalue weighted by molar-refractivity contribution is -0.146. The van der Waals surface area contributed by atoms with Crippen LogP contribution in [0.3, 0.4) is 0 Å². The lowest BCUT2D eigenvalue weighted by Crippen LogP contribution is -2.42. The van der Waals surface area contributed by atoms with E-state index in [1.165, 1.54) is 6.42 Å². The Kier molecular flexibility index (Phi) is 2.60. The van der Waals surface area contributed by atoms with Crippen molar-refractivity contribution in [2.45, 2.75) is 32.1 Å². The summed E-state index contributed by atoms with van der Waals surface area (Å²) in [5.41, 5.74) is 0. The maximum atomic E-state index is 12.2. The maximum absolute atomic E-state index is 12.2. The summed E-state index contributed by atoms with van der Waals surface area (Å²) in [6.07, 6.45) is 4.76. The second-order valence-electron chi connectivity index (χ2n) is 5.86. The average Bonchev–Trinajstić information content (AvgIpc) is 2.95. The van der Waals surface area contributed by atoms with Gasteiger partial charge in [0.1, 0.15) is 0 Å². The number of carboxylic acids is 1. The highest BCUT2D eigenvalue weighted by atomic mass is 16.4. The fourth-order valence-corrected chi connectivity index (χ4v) is 3.52. The molecule has 4 nitrogen and oxygen atoms in total. The average molecular weight is 237 g/mol. The number of aliphatic carboxylic acids is 1. The quantitative estimate of drug-likeness (QED) is 0.788. The highest BCUT2D eigenvalue weighted by molar-refractivity contribution is 5.80. The molecule has 2 aliphatic carbocycles. The highest BCUT2D eigenvalue weighted by Crippen LogP contribution is 2.54. The second-order valence-corrected chi connectivity index (χ2v) is 5.86. The van der Waals surface area contributed by atoms with Crippen molar-refractivity contribution in [3.63, 3.8) is 0 Å². The van der Waals surface area contributed by atoms with Crippen LogP contribution in [0.1, 0.15) is 32.1 Å². The van der Waals surface area contributed by atoms with Crippen LogP contribution in [0.4, 0.5) is 0 Å². The van der Waals surface area contributed by atoms with E-state index in [9.17, 15) is 9.59 Å². The number of amides is 1. The standard InChI is InChI=1S/C13H19NO3/c15-12(11-6-9-5-10(9)7-11)14-3-1-8(2-4-14)13(16)17/h8-11H,1-7H2,(H,16,17). The first-order chi connectivity index (χ1) is 8.15. The van der Waals surface area contributed by atoms with Crippen LogP contribution in [-0.4, -0.2) is 35.0 Å². The van der Waals surface area contributed by atoms with Crippen molar-refractivity contribution in [1.82, 2.24) is 4.90 Å². The number of hydrogen-bond donors (Lipinski definition) is 1. The third-order valence-corrected chi connectivity index (χ3v) is 4.75. The van der Waals surface area contributed by atoms with Crippen LogP contribution in [0.2, 0.25) is 0 Å². The van der Waals surface area contributed by atoms with Crippen LogP contribution in [0.15, 0.2) is 0 Å². The topological polar surface area (TPSA) is 57.6 Å². The van der Waals surface area contributed by atoms with Gasteiger partial charge in [0.2, 0.25) is 5.91 Å². The number of hydrogen-bond acceptors (Lipinski definition) is 2. The summed E-state index contributed by atoms with van der Waals surface area (Å²) < 4.78 is 0. The van der Waals surface area contributed by atoms with E-state index in [-0.39, 0.29) is 11.8 Å². The summed E-state index contributed by atoms with van der Waals surface area (Å²) in [6, 6.07) is 0. The molecule has 1 amide bonds. The van der Waals surface area contributed by atoms with E-state index in [0.717, 1.165) is 24.7 Å². The predicted octanol–water partition coefficient (Wildman–Crippen LogP) is 1.36. The minimum absolute atomic E-state index is 0.240. The first kappa shape index (κ1) is 11.1. The molecule has 0 aromatic heterocycles. The summed E-state index contributed by atoms with van der Waals surface area (Å²) >= 11 is 0. The minimum Gasteiger partial charge on any atom is -0.481 e. The largest absolute Gasteiger partial charge is 0.481 e. The van der Waals surface area contributed by atoms with Crippen molar-refractivity contribution in [2.75, 3.05) is 13.1 Å². The molecule has 0 spiro atoms. The van der Waals surface area contributed by atoms with Crippen molar-refractivity contribution >= 4 is 11.9 Å². The molecule has 1 heterocycles. The highest BCUT2D eigenvalue weighted by Gasteiger charge is 2.49. The number of nitrogens with zero attached hydrogens (tertiary/aromatic N) is 1. The second kappa shape index (κ2) is 4.00. The summed E-state index contributed by atoms with van der Waals surface area (Å²) in [4.78, 5) is 25.0. The van der Waals surface area contributed by atoms with Gasteiger partial charge in [-0.3, -0.25) is 9.59 Å². The van der Waals surface area contributed by atoms with Crippen molar-refractivity contribution < 1.29 is 14.7 Å². The van der Waals surface area contributed by atoms with Crippen molar-refractivity contribution in [3.05, 3.63) is 0 Å². The van der Waals surface area contributed by atoms with Gasteiger partial charge in [-0.1, -0.05) is 0 Å². The Morgan fingerprint density at radius 2 is 1.53 bits per heavy atom. The van der Waals surface area contributed by atoms with Crippen LogP contribution in [-0.2, 0) is 9.59 Å². The van der Waals surface area contributed by atoms with E-state index in [1.54, 1.807) is 0 Å². The minimum atomic E-state index is -0.709. The summed E-state index contributed by atoms with van der Waals surface area (Å²) in [6.45, 7) is 1.28. The lowest BCUT2D eigenvalue weighted by atomic mass is 9.94. The number of carboxylic acid groups (broad SMARTS) is 1.